The van der Waals surface area contributed by atoms with Crippen molar-refractivity contribution in [2.75, 3.05) is 12.4 Å². The molecule has 1 fully saturated rings. The van der Waals surface area contributed by atoms with Gasteiger partial charge in [0.25, 0.3) is 0 Å². The Hall–Kier alpha value is -2.60. The number of amides is 1. The molecular formula is C20H21N3O2S. The molecule has 0 saturated carbocycles. The molecule has 2 aromatic carbocycles. The van der Waals surface area contributed by atoms with E-state index in [1.54, 1.807) is 0 Å². The fourth-order valence-corrected chi connectivity index (χ4v) is 4.10. The number of nitrogens with one attached hydrogen (secondary N) is 2. The van der Waals surface area contributed by atoms with Crippen LogP contribution in [0.1, 0.15) is 24.1 Å². The van der Waals surface area contributed by atoms with E-state index >= 15 is 0 Å². The largest absolute Gasteiger partial charge is 0.467 e. The number of aryl methyl sites for hydroxylation is 1. The second-order valence-electron chi connectivity index (χ2n) is 6.96. The van der Waals surface area contributed by atoms with E-state index in [4.69, 9.17) is 17.0 Å². The van der Waals surface area contributed by atoms with Crippen LogP contribution in [0, 0.1) is 12.8 Å². The highest BCUT2D eigenvalue weighted by Crippen LogP contribution is 2.47. The maximum absolute atomic E-state index is 13.3. The Bertz CT molecular complexity index is 900. The zero-order valence-corrected chi connectivity index (χ0v) is 15.8. The molecule has 26 heavy (non-hydrogen) atoms. The second kappa shape index (κ2) is 5.99. The number of benzene rings is 2. The minimum absolute atomic E-state index is 0.0943. The van der Waals surface area contributed by atoms with E-state index in [-0.39, 0.29) is 11.9 Å². The number of carbonyl (C=O) groups excluding carboxylic acids is 1. The number of thiocarbonyl (C=S) groups is 1. The maximum Gasteiger partial charge on any atom is 0.236 e. The number of fused-ring (bicyclic) bond motifs is 4. The first-order chi connectivity index (χ1) is 12.4. The van der Waals surface area contributed by atoms with Gasteiger partial charge in [0, 0.05) is 18.3 Å². The lowest BCUT2D eigenvalue weighted by molar-refractivity contribution is -0.146. The topological polar surface area (TPSA) is 53.6 Å². The lowest BCUT2D eigenvalue weighted by Gasteiger charge is -2.55. The van der Waals surface area contributed by atoms with E-state index in [0.717, 1.165) is 22.6 Å². The predicted octanol–water partition coefficient (Wildman–Crippen LogP) is 3.22. The third-order valence-electron chi connectivity index (χ3n) is 5.42. The molecule has 6 heteroatoms. The minimum atomic E-state index is -0.867. The lowest BCUT2D eigenvalue weighted by Crippen LogP contribution is -2.70. The van der Waals surface area contributed by atoms with Crippen LogP contribution in [0.25, 0.3) is 0 Å². The molecule has 2 aliphatic rings. The van der Waals surface area contributed by atoms with Crippen LogP contribution in [0.2, 0.25) is 0 Å². The third kappa shape index (κ3) is 2.44. The van der Waals surface area contributed by atoms with Crippen molar-refractivity contribution < 1.29 is 9.53 Å². The summed E-state index contributed by atoms with van der Waals surface area (Å²) in [5.41, 5.74) is 1.91. The van der Waals surface area contributed by atoms with Crippen LogP contribution in [0.4, 0.5) is 5.69 Å². The fourth-order valence-electron chi connectivity index (χ4n) is 3.79. The average Bonchev–Trinajstić information content (AvgIpc) is 2.61. The number of hydrogen-bond donors (Lipinski definition) is 2. The number of anilines is 1. The van der Waals surface area contributed by atoms with Gasteiger partial charge in [-0.3, -0.25) is 4.79 Å². The zero-order valence-electron chi connectivity index (χ0n) is 14.9. The quantitative estimate of drug-likeness (QED) is 0.799. The molecule has 4 rings (SSSR count). The van der Waals surface area contributed by atoms with Crippen LogP contribution < -0.4 is 15.4 Å². The van der Waals surface area contributed by atoms with Gasteiger partial charge >= 0.3 is 0 Å². The smallest absolute Gasteiger partial charge is 0.236 e. The molecule has 2 bridgehead atoms. The van der Waals surface area contributed by atoms with Gasteiger partial charge < -0.3 is 20.3 Å². The third-order valence-corrected chi connectivity index (χ3v) is 5.81. The van der Waals surface area contributed by atoms with E-state index in [0.29, 0.717) is 5.11 Å². The van der Waals surface area contributed by atoms with Crippen LogP contribution in [0.5, 0.6) is 5.75 Å². The molecule has 2 aliphatic heterocycles. The Morgan fingerprint density at radius 2 is 1.92 bits per heavy atom. The highest BCUT2D eigenvalue weighted by molar-refractivity contribution is 7.80. The van der Waals surface area contributed by atoms with Crippen molar-refractivity contribution >= 4 is 28.9 Å². The molecule has 0 radical (unpaired) electrons. The summed E-state index contributed by atoms with van der Waals surface area (Å²) in [5.74, 6) is 0.221. The molecule has 0 aliphatic carbocycles. The molecular weight excluding hydrogens is 346 g/mol. The summed E-state index contributed by atoms with van der Waals surface area (Å²) in [4.78, 5) is 15.1. The summed E-state index contributed by atoms with van der Waals surface area (Å²) < 4.78 is 6.31. The van der Waals surface area contributed by atoms with Gasteiger partial charge in [-0.1, -0.05) is 36.4 Å². The van der Waals surface area contributed by atoms with Crippen LogP contribution in [0.15, 0.2) is 48.5 Å². The van der Waals surface area contributed by atoms with Crippen molar-refractivity contribution in [3.8, 4) is 5.75 Å². The van der Waals surface area contributed by atoms with Crippen molar-refractivity contribution in [1.82, 2.24) is 10.2 Å². The highest BCUT2D eigenvalue weighted by atomic mass is 32.1. The number of rotatable bonds is 2. The molecule has 3 unspecified atom stereocenters. The van der Waals surface area contributed by atoms with Crippen molar-refractivity contribution in [3.63, 3.8) is 0 Å². The Balaban J connectivity index is 1.76. The average molecular weight is 367 g/mol. The van der Waals surface area contributed by atoms with E-state index in [9.17, 15) is 4.79 Å². The SMILES string of the molecule is Cc1ccccc1NC(=O)C1C2NC(=S)N(C)C1(C)Oc1ccccc12. The van der Waals surface area contributed by atoms with Crippen molar-refractivity contribution in [2.45, 2.75) is 25.6 Å². The Morgan fingerprint density at radius 1 is 1.23 bits per heavy atom. The Labute approximate surface area is 158 Å². The number of carbonyl (C=O) groups is 1. The van der Waals surface area contributed by atoms with Crippen LogP contribution in [-0.2, 0) is 4.79 Å². The van der Waals surface area contributed by atoms with Gasteiger partial charge in [-0.25, -0.2) is 0 Å². The number of hydrogen-bond acceptors (Lipinski definition) is 3. The molecule has 134 valence electrons. The normalized spacial score (nSPS) is 26.4. The van der Waals surface area contributed by atoms with Crippen molar-refractivity contribution in [3.05, 3.63) is 59.7 Å². The van der Waals surface area contributed by atoms with Crippen LogP contribution in [0.3, 0.4) is 0 Å². The first-order valence-electron chi connectivity index (χ1n) is 8.60. The van der Waals surface area contributed by atoms with Gasteiger partial charge in [-0.15, -0.1) is 0 Å². The number of ether oxygens (including phenoxy) is 1. The van der Waals surface area contributed by atoms with Gasteiger partial charge in [-0.05, 0) is 43.8 Å². The van der Waals surface area contributed by atoms with Gasteiger partial charge in [-0.2, -0.15) is 0 Å². The summed E-state index contributed by atoms with van der Waals surface area (Å²) in [7, 11) is 1.85. The first-order valence-corrected chi connectivity index (χ1v) is 9.01. The minimum Gasteiger partial charge on any atom is -0.467 e. The van der Waals surface area contributed by atoms with E-state index < -0.39 is 11.6 Å². The van der Waals surface area contributed by atoms with Crippen LogP contribution >= 0.6 is 12.2 Å². The van der Waals surface area contributed by atoms with Gasteiger partial charge in [0.15, 0.2) is 10.8 Å². The Kier molecular flexibility index (Phi) is 3.88. The lowest BCUT2D eigenvalue weighted by atomic mass is 9.79. The molecule has 0 aromatic heterocycles. The van der Waals surface area contributed by atoms with E-state index in [1.165, 1.54) is 0 Å². The Morgan fingerprint density at radius 3 is 2.69 bits per heavy atom. The molecule has 1 amide bonds. The van der Waals surface area contributed by atoms with Gasteiger partial charge in [0.05, 0.1) is 6.04 Å². The summed E-state index contributed by atoms with van der Waals surface area (Å²) in [6.45, 7) is 3.90. The summed E-state index contributed by atoms with van der Waals surface area (Å²) in [6, 6.07) is 15.3. The van der Waals surface area contributed by atoms with Crippen molar-refractivity contribution in [1.29, 1.82) is 0 Å². The molecule has 1 saturated heterocycles. The predicted molar refractivity (Wildman–Crippen MR) is 105 cm³/mol. The number of para-hydroxylation sites is 2. The number of nitrogens with zero attached hydrogens (tertiary/aromatic N) is 1. The molecule has 2 N–H and O–H groups in total. The van der Waals surface area contributed by atoms with Crippen LogP contribution in [-0.4, -0.2) is 28.7 Å². The molecule has 0 spiro atoms. The zero-order chi connectivity index (χ0) is 18.5. The maximum atomic E-state index is 13.3. The summed E-state index contributed by atoms with van der Waals surface area (Å²) in [6.07, 6.45) is 0. The molecule has 5 nitrogen and oxygen atoms in total. The molecule has 2 aromatic rings. The first kappa shape index (κ1) is 16.8. The standard InChI is InChI=1S/C20H21N3O2S/c1-12-8-4-6-10-14(12)21-18(24)16-17-13-9-5-7-11-15(13)25-20(16,2)23(3)19(26)22-17/h4-11,16-17H,1-3H3,(H,21,24)(H,22,26). The summed E-state index contributed by atoms with van der Waals surface area (Å²) >= 11 is 5.48. The van der Waals surface area contributed by atoms with E-state index in [1.807, 2.05) is 74.3 Å². The molecule has 3 atom stereocenters. The highest BCUT2D eigenvalue weighted by Gasteiger charge is 2.57. The fraction of sp³-hybridized carbons (Fsp3) is 0.300. The van der Waals surface area contributed by atoms with Gasteiger partial charge in [0.1, 0.15) is 11.7 Å². The van der Waals surface area contributed by atoms with Gasteiger partial charge in [0.2, 0.25) is 5.91 Å². The summed E-state index contributed by atoms with van der Waals surface area (Å²) in [5, 5.41) is 6.97. The van der Waals surface area contributed by atoms with E-state index in [2.05, 4.69) is 10.6 Å². The monoisotopic (exact) mass is 367 g/mol. The van der Waals surface area contributed by atoms with Crippen molar-refractivity contribution in [2.24, 2.45) is 5.92 Å². The molecule has 2 heterocycles. The second-order valence-corrected chi connectivity index (χ2v) is 7.35.